The van der Waals surface area contributed by atoms with Crippen molar-refractivity contribution in [3.8, 4) is 0 Å². The van der Waals surface area contributed by atoms with Crippen LogP contribution in [0.15, 0.2) is 73.2 Å². The quantitative estimate of drug-likeness (QED) is 0.0328. The SMILES string of the molecule is CCCCC/C=C\C/C=C\CCCCCCCC[N+](C)(C=CCCCCCC/C=C\CCCCCCCC)C=CCCCCCC/C=C\CCCCCCCC. The van der Waals surface area contributed by atoms with Gasteiger partial charge in [-0.15, -0.1) is 0 Å². The molecular weight excluding hydrogens is 675 g/mol. The largest absolute Gasteiger partial charge is 0.274 e. The molecule has 0 heterocycles. The van der Waals surface area contributed by atoms with Crippen molar-refractivity contribution in [3.63, 3.8) is 0 Å². The molecule has 0 aromatic heterocycles. The smallest absolute Gasteiger partial charge is 0.0961 e. The summed E-state index contributed by atoms with van der Waals surface area (Å²) in [6.45, 7) is 8.11. The molecule has 0 atom stereocenters. The second-order valence-electron chi connectivity index (χ2n) is 17.5. The first kappa shape index (κ1) is 54.4. The Balaban J connectivity index is 4.36. The molecule has 0 spiro atoms. The number of hydrogen-bond acceptors (Lipinski definition) is 0. The summed E-state index contributed by atoms with van der Waals surface area (Å²) >= 11 is 0. The van der Waals surface area contributed by atoms with Gasteiger partial charge in [-0.25, -0.2) is 0 Å². The van der Waals surface area contributed by atoms with Crippen LogP contribution in [0.5, 0.6) is 0 Å². The average Bonchev–Trinajstić information content (AvgIpc) is 3.20. The molecule has 0 fully saturated rings. The van der Waals surface area contributed by atoms with Crippen molar-refractivity contribution in [2.24, 2.45) is 0 Å². The van der Waals surface area contributed by atoms with E-state index in [9.17, 15) is 0 Å². The molecule has 0 aliphatic carbocycles. The predicted molar refractivity (Wildman–Crippen MR) is 258 cm³/mol. The van der Waals surface area contributed by atoms with Gasteiger partial charge in [-0.05, 0) is 134 Å². The number of rotatable bonds is 45. The van der Waals surface area contributed by atoms with Crippen molar-refractivity contribution in [2.75, 3.05) is 13.6 Å². The molecule has 1 nitrogen and oxygen atoms in total. The second kappa shape index (κ2) is 47.8. The zero-order valence-corrected chi connectivity index (χ0v) is 39.0. The van der Waals surface area contributed by atoms with Crippen LogP contribution in [-0.4, -0.2) is 18.1 Å². The van der Waals surface area contributed by atoms with Gasteiger partial charge in [0.2, 0.25) is 0 Å². The molecule has 0 radical (unpaired) electrons. The number of unbranched alkanes of at least 4 members (excludes halogenated alkanes) is 31. The van der Waals surface area contributed by atoms with E-state index in [4.69, 9.17) is 0 Å². The summed E-state index contributed by atoms with van der Waals surface area (Å²) in [5.74, 6) is 0. The standard InChI is InChI=1S/C55H102N/c1-5-8-11-14-17-20-23-26-29-32-35-38-41-44-47-50-53-56(4,54-51-48-45-42-39-36-33-30-27-24-21-18-15-12-9-6-2)55-52-49-46-43-40-37-34-31-28-25-22-19-16-13-10-7-3/h17,20,26-31,51-52,54-55H,5-16,18-19,21-25,32-50,53H2,1-4H3/q+1/b20-17-,29-26-,30-27-,31-28-,54-51?,55-52?. The van der Waals surface area contributed by atoms with E-state index < -0.39 is 0 Å². The topological polar surface area (TPSA) is 0 Å². The van der Waals surface area contributed by atoms with Crippen LogP contribution in [-0.2, 0) is 0 Å². The third-order valence-electron chi connectivity index (χ3n) is 11.5. The first-order chi connectivity index (χ1) is 27.7. The van der Waals surface area contributed by atoms with E-state index in [0.29, 0.717) is 0 Å². The lowest BCUT2D eigenvalue weighted by Crippen LogP contribution is -2.33. The molecule has 0 N–H and O–H groups in total. The lowest BCUT2D eigenvalue weighted by atomic mass is 10.1. The van der Waals surface area contributed by atoms with E-state index in [1.807, 2.05) is 0 Å². The third-order valence-corrected chi connectivity index (χ3v) is 11.5. The van der Waals surface area contributed by atoms with Crippen molar-refractivity contribution < 1.29 is 4.48 Å². The van der Waals surface area contributed by atoms with Crippen molar-refractivity contribution in [1.82, 2.24) is 0 Å². The molecule has 0 rings (SSSR count). The highest BCUT2D eigenvalue weighted by Gasteiger charge is 2.14. The Labute approximate surface area is 354 Å². The molecule has 1 heteroatoms. The van der Waals surface area contributed by atoms with Crippen molar-refractivity contribution in [1.29, 1.82) is 0 Å². The molecule has 0 aliphatic heterocycles. The number of allylic oxidation sites excluding steroid dienone is 10. The molecular formula is C55H102N+. The van der Waals surface area contributed by atoms with Gasteiger partial charge in [-0.1, -0.05) is 191 Å². The van der Waals surface area contributed by atoms with Gasteiger partial charge in [0, 0.05) is 0 Å². The van der Waals surface area contributed by atoms with Crippen LogP contribution in [0.2, 0.25) is 0 Å². The molecule has 0 aromatic carbocycles. The summed E-state index contributed by atoms with van der Waals surface area (Å²) in [7, 11) is 2.44. The average molecular weight is 777 g/mol. The van der Waals surface area contributed by atoms with Crippen molar-refractivity contribution in [3.05, 3.63) is 73.2 Å². The van der Waals surface area contributed by atoms with Gasteiger partial charge in [-0.3, -0.25) is 4.48 Å². The molecule has 326 valence electrons. The van der Waals surface area contributed by atoms with Gasteiger partial charge in [0.1, 0.15) is 0 Å². The third kappa shape index (κ3) is 45.1. The Morgan fingerprint density at radius 1 is 0.250 bits per heavy atom. The molecule has 0 saturated heterocycles. The van der Waals surface area contributed by atoms with Crippen LogP contribution in [0, 0.1) is 0 Å². The second-order valence-corrected chi connectivity index (χ2v) is 17.5. The fraction of sp³-hybridized carbons (Fsp3) is 0.782. The van der Waals surface area contributed by atoms with Gasteiger partial charge in [0.05, 0.1) is 26.0 Å². The maximum absolute atomic E-state index is 2.52. The van der Waals surface area contributed by atoms with Gasteiger partial charge in [0.25, 0.3) is 0 Å². The van der Waals surface area contributed by atoms with Crippen LogP contribution in [0.25, 0.3) is 0 Å². The van der Waals surface area contributed by atoms with E-state index >= 15 is 0 Å². The molecule has 0 amide bonds. The highest BCUT2D eigenvalue weighted by Crippen LogP contribution is 2.16. The lowest BCUT2D eigenvalue weighted by Gasteiger charge is -2.26. The Morgan fingerprint density at radius 3 is 0.821 bits per heavy atom. The summed E-state index contributed by atoms with van der Waals surface area (Å²) in [4.78, 5) is 0. The minimum absolute atomic E-state index is 0.977. The molecule has 0 aromatic rings. The fourth-order valence-corrected chi connectivity index (χ4v) is 7.58. The van der Waals surface area contributed by atoms with Crippen LogP contribution in [0.3, 0.4) is 0 Å². The Hall–Kier alpha value is -1.60. The van der Waals surface area contributed by atoms with Gasteiger partial charge >= 0.3 is 0 Å². The van der Waals surface area contributed by atoms with E-state index in [2.05, 4.69) is 101 Å². The number of hydrogen-bond donors (Lipinski definition) is 0. The molecule has 0 bridgehead atoms. The highest BCUT2D eigenvalue weighted by atomic mass is 15.3. The normalized spacial score (nSPS) is 13.7. The Bertz CT molecular complexity index is 868. The molecule has 0 aliphatic rings. The van der Waals surface area contributed by atoms with Crippen molar-refractivity contribution >= 4 is 0 Å². The van der Waals surface area contributed by atoms with Crippen LogP contribution < -0.4 is 0 Å². The van der Waals surface area contributed by atoms with E-state index in [-0.39, 0.29) is 0 Å². The summed E-state index contributed by atoms with van der Waals surface area (Å²) < 4.78 is 0.977. The van der Waals surface area contributed by atoms with E-state index in [1.54, 1.807) is 0 Å². The zero-order valence-electron chi connectivity index (χ0n) is 39.0. The van der Waals surface area contributed by atoms with Gasteiger partial charge in [0.15, 0.2) is 0 Å². The first-order valence-electron chi connectivity index (χ1n) is 25.5. The number of quaternary nitrogens is 1. The first-order valence-corrected chi connectivity index (χ1v) is 25.5. The minimum atomic E-state index is 0.977. The summed E-state index contributed by atoms with van der Waals surface area (Å²) in [5.41, 5.74) is 0. The molecule has 0 saturated carbocycles. The predicted octanol–water partition coefficient (Wildman–Crippen LogP) is 19.6. The number of nitrogens with zero attached hydrogens (tertiary/aromatic N) is 1. The summed E-state index contributed by atoms with van der Waals surface area (Å²) in [5, 5.41) is 0. The Morgan fingerprint density at radius 2 is 0.482 bits per heavy atom. The van der Waals surface area contributed by atoms with Crippen LogP contribution in [0.1, 0.15) is 265 Å². The van der Waals surface area contributed by atoms with E-state index in [1.165, 1.54) is 244 Å². The molecule has 0 unspecified atom stereocenters. The molecule has 56 heavy (non-hydrogen) atoms. The summed E-state index contributed by atoms with van der Waals surface area (Å²) in [6, 6.07) is 0. The lowest BCUT2D eigenvalue weighted by molar-refractivity contribution is -0.807. The summed E-state index contributed by atoms with van der Waals surface area (Å²) in [6.07, 6.45) is 80.5. The fourth-order valence-electron chi connectivity index (χ4n) is 7.58. The van der Waals surface area contributed by atoms with Crippen molar-refractivity contribution in [2.45, 2.75) is 265 Å². The maximum Gasteiger partial charge on any atom is 0.0961 e. The van der Waals surface area contributed by atoms with Crippen LogP contribution >= 0.6 is 0 Å². The zero-order chi connectivity index (χ0) is 40.6. The van der Waals surface area contributed by atoms with Crippen LogP contribution in [0.4, 0.5) is 0 Å². The monoisotopic (exact) mass is 777 g/mol. The highest BCUT2D eigenvalue weighted by molar-refractivity contribution is 4.92. The van der Waals surface area contributed by atoms with Gasteiger partial charge in [-0.2, -0.15) is 0 Å². The maximum atomic E-state index is 2.52. The minimum Gasteiger partial charge on any atom is -0.274 e. The van der Waals surface area contributed by atoms with E-state index in [0.717, 1.165) is 10.9 Å². The Kier molecular flexibility index (Phi) is 46.4. The van der Waals surface area contributed by atoms with Gasteiger partial charge < -0.3 is 0 Å².